The Morgan fingerprint density at radius 3 is 2.30 bits per heavy atom. The van der Waals surface area contributed by atoms with Gasteiger partial charge >= 0.3 is 0 Å². The van der Waals surface area contributed by atoms with Gasteiger partial charge in [-0.15, -0.1) is 0 Å². The number of Topliss-reactive ketones (excluding diaryl/α,β-unsaturated/α-hetero) is 1. The highest BCUT2D eigenvalue weighted by Crippen LogP contribution is 2.39. The number of benzene rings is 2. The van der Waals surface area contributed by atoms with Crippen molar-refractivity contribution in [3.05, 3.63) is 58.6 Å². The van der Waals surface area contributed by atoms with Gasteiger partial charge in [-0.2, -0.15) is 5.10 Å². The molecule has 2 unspecified atom stereocenters. The molecule has 2 atom stereocenters. The molecule has 0 bridgehead atoms. The zero-order valence-corrected chi connectivity index (χ0v) is 15.6. The maximum absolute atomic E-state index is 13.2. The lowest BCUT2D eigenvalue weighted by atomic mass is 9.95. The van der Waals surface area contributed by atoms with Gasteiger partial charge in [0.25, 0.3) is 5.91 Å². The van der Waals surface area contributed by atoms with Crippen molar-refractivity contribution >= 4 is 57.9 Å². The molecule has 0 saturated carbocycles. The highest BCUT2D eigenvalue weighted by atomic mass is 35.5. The van der Waals surface area contributed by atoms with Crippen LogP contribution in [0, 0.1) is 5.92 Å². The fraction of sp³-hybridized carbons (Fsp3) is 0.158. The molecule has 27 heavy (non-hydrogen) atoms. The molecule has 0 N–H and O–H groups in total. The molecule has 0 aromatic heterocycles. The minimum Gasteiger partial charge on any atom is -0.293 e. The first-order valence-corrected chi connectivity index (χ1v) is 8.92. The molecule has 2 aromatic carbocycles. The number of nitrogens with zero attached hydrogens (tertiary/aromatic N) is 3. The van der Waals surface area contributed by atoms with Gasteiger partial charge in [-0.25, -0.2) is 4.90 Å². The van der Waals surface area contributed by atoms with Crippen LogP contribution in [0.25, 0.3) is 0 Å². The predicted octanol–water partition coefficient (Wildman–Crippen LogP) is 3.32. The van der Waals surface area contributed by atoms with Gasteiger partial charge in [-0.3, -0.25) is 19.4 Å². The number of fused-ring (bicyclic) bond motifs is 1. The fourth-order valence-electron chi connectivity index (χ4n) is 3.38. The second-order valence-electron chi connectivity index (χ2n) is 6.25. The summed E-state index contributed by atoms with van der Waals surface area (Å²) in [7, 11) is 0. The van der Waals surface area contributed by atoms with Crippen LogP contribution in [0.2, 0.25) is 10.0 Å². The number of hydrogen-bond donors (Lipinski definition) is 0. The van der Waals surface area contributed by atoms with Gasteiger partial charge in [-0.1, -0.05) is 35.3 Å². The van der Waals surface area contributed by atoms with Crippen molar-refractivity contribution in [3.63, 3.8) is 0 Å². The molecular formula is C19H13Cl2N3O3. The van der Waals surface area contributed by atoms with Gasteiger partial charge in [0, 0.05) is 11.9 Å². The summed E-state index contributed by atoms with van der Waals surface area (Å²) in [5, 5.41) is 6.49. The molecule has 2 aromatic rings. The number of halogens is 2. The van der Waals surface area contributed by atoms with Gasteiger partial charge < -0.3 is 0 Å². The summed E-state index contributed by atoms with van der Waals surface area (Å²) in [5.74, 6) is -2.32. The Morgan fingerprint density at radius 2 is 1.67 bits per heavy atom. The summed E-state index contributed by atoms with van der Waals surface area (Å²) >= 11 is 12.1. The number of carbonyl (C=O) groups excluding carboxylic acids is 3. The normalized spacial score (nSPS) is 21.5. The molecule has 1 saturated heterocycles. The second kappa shape index (κ2) is 6.48. The average molecular weight is 402 g/mol. The van der Waals surface area contributed by atoms with E-state index in [-0.39, 0.29) is 16.5 Å². The molecule has 4 rings (SSSR count). The van der Waals surface area contributed by atoms with E-state index in [9.17, 15) is 14.4 Å². The van der Waals surface area contributed by atoms with Crippen molar-refractivity contribution in [1.82, 2.24) is 0 Å². The van der Waals surface area contributed by atoms with Gasteiger partial charge in [0.1, 0.15) is 17.7 Å². The van der Waals surface area contributed by atoms with Crippen LogP contribution in [-0.2, 0) is 14.4 Å². The molecule has 2 heterocycles. The monoisotopic (exact) mass is 401 g/mol. The van der Waals surface area contributed by atoms with E-state index in [2.05, 4.69) is 5.10 Å². The van der Waals surface area contributed by atoms with Crippen molar-refractivity contribution in [2.45, 2.75) is 13.0 Å². The van der Waals surface area contributed by atoms with Crippen LogP contribution in [0.4, 0.5) is 11.4 Å². The number of anilines is 2. The standard InChI is InChI=1S/C19H13Cl2N3O3/c1-10(25)16-15-17(24(22-16)12-8-6-11(20)7-9-12)19(27)23(18(15)26)14-5-3-2-4-13(14)21/h2-9,15,17H,1H3. The van der Waals surface area contributed by atoms with Crippen molar-refractivity contribution in [1.29, 1.82) is 0 Å². The molecule has 8 heteroatoms. The van der Waals surface area contributed by atoms with E-state index in [0.717, 1.165) is 4.90 Å². The Morgan fingerprint density at radius 1 is 1.00 bits per heavy atom. The van der Waals surface area contributed by atoms with E-state index in [1.165, 1.54) is 11.9 Å². The SMILES string of the molecule is CC(=O)C1=NN(c2ccc(Cl)cc2)C2C(=O)N(c3ccccc3Cl)C(=O)C12. The number of imide groups is 1. The van der Waals surface area contributed by atoms with Crippen molar-refractivity contribution in [2.24, 2.45) is 11.0 Å². The number of hydrazone groups is 1. The van der Waals surface area contributed by atoms with Crippen molar-refractivity contribution < 1.29 is 14.4 Å². The number of ketones is 1. The summed E-state index contributed by atoms with van der Waals surface area (Å²) in [6, 6.07) is 12.3. The summed E-state index contributed by atoms with van der Waals surface area (Å²) in [6.07, 6.45) is 0. The van der Waals surface area contributed by atoms with Crippen LogP contribution in [0.15, 0.2) is 53.6 Å². The summed E-state index contributed by atoms with van der Waals surface area (Å²) in [4.78, 5) is 39.4. The topological polar surface area (TPSA) is 70.1 Å². The van der Waals surface area contributed by atoms with Crippen LogP contribution < -0.4 is 9.91 Å². The number of para-hydroxylation sites is 1. The molecule has 136 valence electrons. The van der Waals surface area contributed by atoms with Crippen molar-refractivity contribution in [3.8, 4) is 0 Å². The first-order chi connectivity index (χ1) is 12.9. The smallest absolute Gasteiger partial charge is 0.259 e. The number of carbonyl (C=O) groups is 3. The number of rotatable bonds is 3. The summed E-state index contributed by atoms with van der Waals surface area (Å²) in [5.41, 5.74) is 0.915. The van der Waals surface area contributed by atoms with Crippen LogP contribution in [-0.4, -0.2) is 29.4 Å². The summed E-state index contributed by atoms with van der Waals surface area (Å²) in [6.45, 7) is 1.33. The Kier molecular flexibility index (Phi) is 4.25. The average Bonchev–Trinajstić information content (AvgIpc) is 3.15. The van der Waals surface area contributed by atoms with E-state index < -0.39 is 23.8 Å². The maximum Gasteiger partial charge on any atom is 0.259 e. The Hall–Kier alpha value is -2.70. The molecule has 2 aliphatic heterocycles. The fourth-order valence-corrected chi connectivity index (χ4v) is 3.73. The number of hydrogen-bond acceptors (Lipinski definition) is 5. The summed E-state index contributed by atoms with van der Waals surface area (Å²) < 4.78 is 0. The van der Waals surface area contributed by atoms with Crippen LogP contribution in [0.1, 0.15) is 6.92 Å². The van der Waals surface area contributed by atoms with Gasteiger partial charge in [0.05, 0.1) is 16.4 Å². The minimum atomic E-state index is -0.970. The third-order valence-corrected chi connectivity index (χ3v) is 5.17. The van der Waals surface area contributed by atoms with Gasteiger partial charge in [0.15, 0.2) is 5.78 Å². The molecule has 2 amide bonds. The van der Waals surface area contributed by atoms with E-state index in [0.29, 0.717) is 16.4 Å². The van der Waals surface area contributed by atoms with E-state index in [1.807, 2.05) is 0 Å². The van der Waals surface area contributed by atoms with Crippen LogP contribution in [0.5, 0.6) is 0 Å². The molecule has 2 aliphatic rings. The first kappa shape index (κ1) is 17.7. The second-order valence-corrected chi connectivity index (χ2v) is 7.09. The highest BCUT2D eigenvalue weighted by Gasteiger charge is 2.58. The van der Waals surface area contributed by atoms with Gasteiger partial charge in [0.2, 0.25) is 5.91 Å². The highest BCUT2D eigenvalue weighted by molar-refractivity contribution is 6.49. The third-order valence-electron chi connectivity index (χ3n) is 4.59. The third kappa shape index (κ3) is 2.72. The Labute approximate surface area is 165 Å². The molecule has 0 radical (unpaired) electrons. The van der Waals surface area contributed by atoms with E-state index in [1.54, 1.807) is 48.5 Å². The molecule has 1 fully saturated rings. The van der Waals surface area contributed by atoms with E-state index in [4.69, 9.17) is 23.2 Å². The molecule has 6 nitrogen and oxygen atoms in total. The lowest BCUT2D eigenvalue weighted by molar-refractivity contribution is -0.122. The molecular weight excluding hydrogens is 389 g/mol. The number of amides is 2. The van der Waals surface area contributed by atoms with Crippen molar-refractivity contribution in [2.75, 3.05) is 9.91 Å². The first-order valence-electron chi connectivity index (χ1n) is 8.16. The molecule has 0 aliphatic carbocycles. The quantitative estimate of drug-likeness (QED) is 0.739. The minimum absolute atomic E-state index is 0.0582. The predicted molar refractivity (Wildman–Crippen MR) is 103 cm³/mol. The molecule has 0 spiro atoms. The van der Waals surface area contributed by atoms with Gasteiger partial charge in [-0.05, 0) is 36.4 Å². The van der Waals surface area contributed by atoms with E-state index >= 15 is 0 Å². The zero-order valence-electron chi connectivity index (χ0n) is 14.1. The Bertz CT molecular complexity index is 1000. The Balaban J connectivity index is 1.82. The van der Waals surface area contributed by atoms with Crippen LogP contribution in [0.3, 0.4) is 0 Å². The lowest BCUT2D eigenvalue weighted by Crippen LogP contribution is -2.39. The lowest BCUT2D eigenvalue weighted by Gasteiger charge is -2.22. The largest absolute Gasteiger partial charge is 0.293 e. The van der Waals surface area contributed by atoms with Crippen LogP contribution >= 0.6 is 23.2 Å². The zero-order chi connectivity index (χ0) is 19.3. The maximum atomic E-state index is 13.2.